The van der Waals surface area contributed by atoms with E-state index >= 15 is 0 Å². The summed E-state index contributed by atoms with van der Waals surface area (Å²) in [5.41, 5.74) is 0. The molecule has 0 saturated carbocycles. The Hall–Kier alpha value is -0.540. The van der Waals surface area contributed by atoms with Crippen LogP contribution in [-0.2, 0) is 27.9 Å². The average molecular weight is 570 g/mol. The van der Waals surface area contributed by atoms with E-state index in [4.69, 9.17) is 18.5 Å². The van der Waals surface area contributed by atoms with Crippen LogP contribution in [0.4, 0.5) is 0 Å². The number of rotatable bonds is 27. The number of carbonyl (C=O) groups excluding carboxylic acids is 1. The number of phosphoric ester groups is 1. The zero-order valence-corrected chi connectivity index (χ0v) is 26.1. The Morgan fingerprint density at radius 2 is 1.18 bits per heavy atom. The van der Waals surface area contributed by atoms with E-state index in [9.17, 15) is 14.3 Å². The lowest BCUT2D eigenvalue weighted by atomic mass is 10.0. The fourth-order valence-corrected chi connectivity index (χ4v) is 4.70. The molecule has 2 N–H and O–H groups in total. The average Bonchev–Trinajstić information content (AvgIpc) is 2.80. The standard InChI is InChI=1S/C28H58NO7P.H2O/c1-6-7-8-9-10-11-12-13-14-15-16-17-18-19-20-21-23-33-25-28(36-27(2)30)26-35-37(31,32)34-24-22-29(3,4)5;/h28H,6-26H2,1-5H3;1H2. The number of phosphoric acid groups is 1. The quantitative estimate of drug-likeness (QED) is 0.0493. The maximum absolute atomic E-state index is 12.1. The van der Waals surface area contributed by atoms with Gasteiger partial charge in [-0.15, -0.1) is 0 Å². The van der Waals surface area contributed by atoms with E-state index in [1.807, 2.05) is 21.1 Å². The molecule has 0 aromatic rings. The minimum absolute atomic E-state index is 0. The van der Waals surface area contributed by atoms with Crippen LogP contribution in [0, 0.1) is 0 Å². The molecule has 0 aliphatic carbocycles. The summed E-state index contributed by atoms with van der Waals surface area (Å²) in [4.78, 5) is 21.2. The monoisotopic (exact) mass is 569 g/mol. The first kappa shape index (κ1) is 39.6. The lowest BCUT2D eigenvalue weighted by molar-refractivity contribution is -0.870. The van der Waals surface area contributed by atoms with Crippen LogP contribution in [0.1, 0.15) is 117 Å². The molecule has 0 fully saturated rings. The van der Waals surface area contributed by atoms with Crippen LogP contribution in [0.3, 0.4) is 0 Å². The Morgan fingerprint density at radius 1 is 0.737 bits per heavy atom. The van der Waals surface area contributed by atoms with Crippen LogP contribution in [0.5, 0.6) is 0 Å². The van der Waals surface area contributed by atoms with E-state index in [2.05, 4.69) is 6.92 Å². The molecule has 0 spiro atoms. The van der Waals surface area contributed by atoms with E-state index in [1.54, 1.807) is 0 Å². The highest BCUT2D eigenvalue weighted by atomic mass is 31.2. The van der Waals surface area contributed by atoms with Crippen molar-refractivity contribution in [2.24, 2.45) is 0 Å². The summed E-state index contributed by atoms with van der Waals surface area (Å²) in [6.45, 7) is 4.64. The summed E-state index contributed by atoms with van der Waals surface area (Å²) in [6.07, 6.45) is 20.3. The first-order valence-electron chi connectivity index (χ1n) is 14.7. The summed E-state index contributed by atoms with van der Waals surface area (Å²) >= 11 is 0. The molecule has 2 unspecified atom stereocenters. The third-order valence-electron chi connectivity index (χ3n) is 6.22. The number of hydrogen-bond donors (Lipinski definition) is 1. The molecule has 9 nitrogen and oxygen atoms in total. The molecule has 230 valence electrons. The summed E-state index contributed by atoms with van der Waals surface area (Å²) < 4.78 is 33.5. The summed E-state index contributed by atoms with van der Waals surface area (Å²) in [5, 5.41) is 0. The van der Waals surface area contributed by atoms with Gasteiger partial charge in [0, 0.05) is 13.5 Å². The Kier molecular flexibility index (Phi) is 26.5. The van der Waals surface area contributed by atoms with Gasteiger partial charge in [0.2, 0.25) is 0 Å². The van der Waals surface area contributed by atoms with E-state index in [0.717, 1.165) is 12.8 Å². The second-order valence-electron chi connectivity index (χ2n) is 11.2. The van der Waals surface area contributed by atoms with Gasteiger partial charge in [0.25, 0.3) is 0 Å². The van der Waals surface area contributed by atoms with Crippen LogP contribution in [0.25, 0.3) is 0 Å². The zero-order valence-electron chi connectivity index (χ0n) is 25.2. The molecule has 0 aliphatic rings. The highest BCUT2D eigenvalue weighted by Gasteiger charge is 2.25. The minimum Gasteiger partial charge on any atom is -0.870 e. The second kappa shape index (κ2) is 25.4. The Morgan fingerprint density at radius 3 is 1.61 bits per heavy atom. The van der Waals surface area contributed by atoms with E-state index in [0.29, 0.717) is 17.6 Å². The highest BCUT2D eigenvalue weighted by molar-refractivity contribution is 7.47. The Labute approximate surface area is 233 Å². The van der Waals surface area contributed by atoms with Gasteiger partial charge in [0.1, 0.15) is 19.3 Å². The summed E-state index contributed by atoms with van der Waals surface area (Å²) in [5.74, 6) is -0.488. The number of hydrogen-bond acceptors (Lipinski definition) is 7. The predicted molar refractivity (Wildman–Crippen MR) is 152 cm³/mol. The molecular weight excluding hydrogens is 509 g/mol. The van der Waals surface area contributed by atoms with E-state index in [-0.39, 0.29) is 25.3 Å². The second-order valence-corrected chi connectivity index (χ2v) is 12.7. The van der Waals surface area contributed by atoms with Gasteiger partial charge in [0.05, 0.1) is 34.4 Å². The number of quaternary nitrogens is 1. The highest BCUT2D eigenvalue weighted by Crippen LogP contribution is 2.43. The van der Waals surface area contributed by atoms with Crippen molar-refractivity contribution in [2.45, 2.75) is 123 Å². The molecule has 38 heavy (non-hydrogen) atoms. The molecule has 0 saturated heterocycles. The SMILES string of the molecule is CCCCCCCCCCCCCCCCCCOCC(COP(=O)(O)OCC[N+](C)(C)C)OC(C)=O.[OH-]. The van der Waals surface area contributed by atoms with Crippen molar-refractivity contribution in [1.29, 1.82) is 0 Å². The van der Waals surface area contributed by atoms with Crippen molar-refractivity contribution in [3.63, 3.8) is 0 Å². The third-order valence-corrected chi connectivity index (χ3v) is 7.20. The third kappa shape index (κ3) is 30.0. The van der Waals surface area contributed by atoms with Crippen molar-refractivity contribution in [3.8, 4) is 0 Å². The maximum atomic E-state index is 12.1. The Balaban J connectivity index is 0. The van der Waals surface area contributed by atoms with Crippen molar-refractivity contribution in [2.75, 3.05) is 54.1 Å². The van der Waals surface area contributed by atoms with Crippen LogP contribution in [0.2, 0.25) is 0 Å². The van der Waals surface area contributed by atoms with Gasteiger partial charge in [-0.2, -0.15) is 0 Å². The summed E-state index contributed by atoms with van der Waals surface area (Å²) in [6, 6.07) is 0. The normalized spacial score (nSPS) is 14.1. The van der Waals surface area contributed by atoms with Gasteiger partial charge in [-0.25, -0.2) is 4.57 Å². The van der Waals surface area contributed by atoms with Gasteiger partial charge in [-0.1, -0.05) is 103 Å². The number of ether oxygens (including phenoxy) is 2. The smallest absolute Gasteiger partial charge is 0.472 e. The van der Waals surface area contributed by atoms with E-state index in [1.165, 1.54) is 96.8 Å². The maximum Gasteiger partial charge on any atom is 0.472 e. The van der Waals surface area contributed by atoms with Crippen molar-refractivity contribution < 1.29 is 42.7 Å². The number of carbonyl (C=O) groups is 1. The molecule has 0 rings (SSSR count). The number of likely N-dealkylation sites (N-methyl/N-ethyl adjacent to an activating group) is 1. The lowest BCUT2D eigenvalue weighted by Crippen LogP contribution is -2.37. The van der Waals surface area contributed by atoms with Gasteiger partial charge in [0.15, 0.2) is 0 Å². The van der Waals surface area contributed by atoms with Gasteiger partial charge >= 0.3 is 13.8 Å². The molecule has 0 aromatic heterocycles. The molecule has 0 amide bonds. The molecule has 10 heteroatoms. The van der Waals surface area contributed by atoms with Crippen molar-refractivity contribution >= 4 is 13.8 Å². The Bertz CT molecular complexity index is 586. The molecule has 0 heterocycles. The fraction of sp³-hybridized carbons (Fsp3) is 0.964. The minimum atomic E-state index is -4.21. The van der Waals surface area contributed by atoms with Gasteiger partial charge in [-0.05, 0) is 6.42 Å². The topological polar surface area (TPSA) is 121 Å². The molecule has 0 aromatic carbocycles. The molecule has 0 radical (unpaired) electrons. The summed E-state index contributed by atoms with van der Waals surface area (Å²) in [7, 11) is 1.66. The van der Waals surface area contributed by atoms with Crippen molar-refractivity contribution in [3.05, 3.63) is 0 Å². The van der Waals surface area contributed by atoms with Gasteiger partial charge in [-0.3, -0.25) is 13.8 Å². The molecule has 0 aliphatic heterocycles. The predicted octanol–water partition coefficient (Wildman–Crippen LogP) is 6.86. The number of unbranched alkanes of at least 4 members (excludes halogenated alkanes) is 15. The van der Waals surface area contributed by atoms with E-state index < -0.39 is 19.9 Å². The lowest BCUT2D eigenvalue weighted by Gasteiger charge is -2.24. The first-order chi connectivity index (χ1) is 17.6. The van der Waals surface area contributed by atoms with Crippen LogP contribution in [-0.4, -0.2) is 81.0 Å². The molecular formula is C28H60NO8P. The number of nitrogens with zero attached hydrogens (tertiary/aromatic N) is 1. The largest absolute Gasteiger partial charge is 0.870 e. The van der Waals surface area contributed by atoms with Crippen LogP contribution in [0.15, 0.2) is 0 Å². The fourth-order valence-electron chi connectivity index (χ4n) is 3.96. The van der Waals surface area contributed by atoms with Crippen LogP contribution < -0.4 is 0 Å². The zero-order chi connectivity index (χ0) is 27.8. The molecule has 2 atom stereocenters. The van der Waals surface area contributed by atoms with Gasteiger partial charge < -0.3 is 24.3 Å². The van der Waals surface area contributed by atoms with Crippen LogP contribution >= 0.6 is 7.82 Å². The number of esters is 1. The van der Waals surface area contributed by atoms with Crippen molar-refractivity contribution in [1.82, 2.24) is 0 Å². The molecule has 0 bridgehead atoms. The first-order valence-corrected chi connectivity index (χ1v) is 16.2.